The van der Waals surface area contributed by atoms with Gasteiger partial charge in [-0.2, -0.15) is 5.10 Å². The molecule has 1 aliphatic rings. The van der Waals surface area contributed by atoms with Gasteiger partial charge in [-0.1, -0.05) is 49.4 Å². The lowest BCUT2D eigenvalue weighted by Crippen LogP contribution is -2.31. The molecule has 7 heteroatoms. The Bertz CT molecular complexity index is 908. The number of thioether (sulfide) groups is 1. The third-order valence-electron chi connectivity index (χ3n) is 4.83. The highest BCUT2D eigenvalue weighted by molar-refractivity contribution is 8.15. The summed E-state index contributed by atoms with van der Waals surface area (Å²) in [6.07, 6.45) is 3.50. The van der Waals surface area contributed by atoms with Crippen LogP contribution in [0.2, 0.25) is 0 Å². The van der Waals surface area contributed by atoms with E-state index >= 15 is 0 Å². The number of carbonyl (C=O) groups excluding carboxylic acids is 1. The van der Waals surface area contributed by atoms with Crippen molar-refractivity contribution in [3.63, 3.8) is 0 Å². The first kappa shape index (κ1) is 21.9. The van der Waals surface area contributed by atoms with E-state index < -0.39 is 0 Å². The Labute approximate surface area is 182 Å². The predicted molar refractivity (Wildman–Crippen MR) is 126 cm³/mol. The molecule has 1 atom stereocenters. The van der Waals surface area contributed by atoms with Gasteiger partial charge < -0.3 is 9.64 Å². The van der Waals surface area contributed by atoms with Crippen molar-refractivity contribution >= 4 is 34.7 Å². The summed E-state index contributed by atoms with van der Waals surface area (Å²) in [5.41, 5.74) is 3.12. The lowest BCUT2D eigenvalue weighted by molar-refractivity contribution is -0.126. The van der Waals surface area contributed by atoms with Crippen LogP contribution < -0.4 is 9.64 Å². The number of anilines is 1. The van der Waals surface area contributed by atoms with Gasteiger partial charge in [-0.05, 0) is 41.8 Å². The van der Waals surface area contributed by atoms with Crippen molar-refractivity contribution in [1.29, 1.82) is 0 Å². The van der Waals surface area contributed by atoms with Crippen LogP contribution in [0.15, 0.2) is 58.7 Å². The highest BCUT2D eigenvalue weighted by Crippen LogP contribution is 2.32. The van der Waals surface area contributed by atoms with E-state index in [0.29, 0.717) is 11.7 Å². The number of nitrogens with zero attached hydrogens (tertiary/aromatic N) is 4. The molecule has 1 unspecified atom stereocenters. The molecule has 1 amide bonds. The molecule has 0 aromatic heterocycles. The number of methoxy groups -OCH3 is 1. The number of ether oxygens (including phenoxy) is 1. The van der Waals surface area contributed by atoms with E-state index in [4.69, 9.17) is 4.74 Å². The van der Waals surface area contributed by atoms with E-state index in [2.05, 4.69) is 17.1 Å². The van der Waals surface area contributed by atoms with Gasteiger partial charge >= 0.3 is 0 Å². The quantitative estimate of drug-likeness (QED) is 0.466. The number of benzene rings is 2. The Balaban J connectivity index is 1.76. The Morgan fingerprint density at radius 2 is 1.83 bits per heavy atom. The van der Waals surface area contributed by atoms with Crippen molar-refractivity contribution in [3.8, 4) is 5.75 Å². The van der Waals surface area contributed by atoms with E-state index in [9.17, 15) is 4.79 Å². The smallest absolute Gasteiger partial charge is 0.242 e. The van der Waals surface area contributed by atoms with Crippen LogP contribution in [0.5, 0.6) is 5.75 Å². The Hall–Kier alpha value is -2.80. The molecule has 0 spiro atoms. The van der Waals surface area contributed by atoms with Crippen LogP contribution in [-0.4, -0.2) is 48.6 Å². The summed E-state index contributed by atoms with van der Waals surface area (Å²) in [6.45, 7) is 2.56. The minimum atomic E-state index is -0.0958. The molecular formula is C23H28N4O2S. The second kappa shape index (κ2) is 10.3. The van der Waals surface area contributed by atoms with Crippen molar-refractivity contribution in [2.24, 2.45) is 10.2 Å². The normalized spacial score (nSPS) is 17.9. The van der Waals surface area contributed by atoms with Crippen LogP contribution in [0.4, 0.5) is 5.69 Å². The number of amidine groups is 1. The molecule has 3 rings (SSSR count). The van der Waals surface area contributed by atoms with Crippen LogP contribution in [0.25, 0.3) is 0 Å². The average molecular weight is 425 g/mol. The molecule has 1 heterocycles. The lowest BCUT2D eigenvalue weighted by atomic mass is 10.2. The maximum atomic E-state index is 12.9. The number of hydrogen-bond donors (Lipinski definition) is 0. The molecule has 6 nitrogen and oxygen atoms in total. The van der Waals surface area contributed by atoms with Gasteiger partial charge in [-0.15, -0.1) is 5.10 Å². The fourth-order valence-corrected chi connectivity index (χ4v) is 4.31. The Morgan fingerprint density at radius 1 is 1.13 bits per heavy atom. The number of rotatable bonds is 8. The van der Waals surface area contributed by atoms with Gasteiger partial charge in [0.15, 0.2) is 5.17 Å². The van der Waals surface area contributed by atoms with Gasteiger partial charge in [-0.3, -0.25) is 9.69 Å². The van der Waals surface area contributed by atoms with Crippen molar-refractivity contribution in [2.75, 3.05) is 26.1 Å². The zero-order valence-electron chi connectivity index (χ0n) is 17.9. The number of amides is 1. The molecule has 1 aliphatic heterocycles. The molecule has 2 aromatic rings. The van der Waals surface area contributed by atoms with Gasteiger partial charge in [0.25, 0.3) is 0 Å². The largest absolute Gasteiger partial charge is 0.497 e. The van der Waals surface area contributed by atoms with Crippen molar-refractivity contribution in [3.05, 3.63) is 59.7 Å². The van der Waals surface area contributed by atoms with E-state index in [1.807, 2.05) is 67.5 Å². The summed E-state index contributed by atoms with van der Waals surface area (Å²) in [5.74, 6) is 0.894. The minimum absolute atomic E-state index is 0.0958. The van der Waals surface area contributed by atoms with Gasteiger partial charge in [0.1, 0.15) is 5.75 Å². The number of carbonyl (C=O) groups is 1. The highest BCUT2D eigenvalue weighted by atomic mass is 32.2. The van der Waals surface area contributed by atoms with Crippen molar-refractivity contribution in [1.82, 2.24) is 4.90 Å². The molecule has 0 bridgehead atoms. The molecule has 1 saturated heterocycles. The zero-order valence-corrected chi connectivity index (χ0v) is 18.7. The average Bonchev–Trinajstić information content (AvgIpc) is 3.04. The van der Waals surface area contributed by atoms with Crippen molar-refractivity contribution < 1.29 is 9.53 Å². The summed E-state index contributed by atoms with van der Waals surface area (Å²) in [4.78, 5) is 16.7. The maximum absolute atomic E-state index is 12.9. The fourth-order valence-electron chi connectivity index (χ4n) is 3.09. The van der Waals surface area contributed by atoms with Crippen LogP contribution in [-0.2, 0) is 11.3 Å². The van der Waals surface area contributed by atoms with Gasteiger partial charge in [0.05, 0.1) is 25.1 Å². The van der Waals surface area contributed by atoms with Crippen LogP contribution in [0.3, 0.4) is 0 Å². The second-order valence-corrected chi connectivity index (χ2v) is 8.45. The molecule has 158 valence electrons. The summed E-state index contributed by atoms with van der Waals surface area (Å²) in [7, 11) is 5.66. The monoisotopic (exact) mass is 424 g/mol. The van der Waals surface area contributed by atoms with E-state index in [1.165, 1.54) is 11.8 Å². The Kier molecular flexibility index (Phi) is 7.52. The first-order valence-corrected chi connectivity index (χ1v) is 10.9. The lowest BCUT2D eigenvalue weighted by Gasteiger charge is -2.16. The predicted octanol–water partition coefficient (Wildman–Crippen LogP) is 4.40. The standard InChI is InChI=1S/C23H28N4O2S/c1-5-6-21-22(28)27(16-18-9-13-20(29-4)14-10-18)23(30-21)25-24-15-17-7-11-19(12-8-17)26(2)3/h7-15,21H,5-6,16H2,1-4H3/b24-15+,25-23+. The maximum Gasteiger partial charge on any atom is 0.242 e. The second-order valence-electron chi connectivity index (χ2n) is 7.28. The summed E-state index contributed by atoms with van der Waals surface area (Å²) in [6, 6.07) is 15.8. The van der Waals surface area contributed by atoms with E-state index in [-0.39, 0.29) is 11.2 Å². The van der Waals surface area contributed by atoms with Crippen molar-refractivity contribution in [2.45, 2.75) is 31.6 Å². The van der Waals surface area contributed by atoms with Gasteiger partial charge in [-0.25, -0.2) is 0 Å². The third kappa shape index (κ3) is 5.42. The molecular weight excluding hydrogens is 396 g/mol. The fraction of sp³-hybridized carbons (Fsp3) is 0.348. The molecule has 30 heavy (non-hydrogen) atoms. The van der Waals surface area contributed by atoms with Crippen LogP contribution in [0.1, 0.15) is 30.9 Å². The molecule has 1 fully saturated rings. The minimum Gasteiger partial charge on any atom is -0.497 e. The number of hydrogen-bond acceptors (Lipinski definition) is 6. The summed E-state index contributed by atoms with van der Waals surface area (Å²) >= 11 is 1.50. The van der Waals surface area contributed by atoms with Gasteiger partial charge in [0, 0.05) is 19.8 Å². The van der Waals surface area contributed by atoms with Crippen LogP contribution in [0, 0.1) is 0 Å². The Morgan fingerprint density at radius 3 is 2.43 bits per heavy atom. The van der Waals surface area contributed by atoms with Crippen LogP contribution >= 0.6 is 11.8 Å². The van der Waals surface area contributed by atoms with E-state index in [1.54, 1.807) is 18.2 Å². The molecule has 0 aliphatic carbocycles. The third-order valence-corrected chi connectivity index (χ3v) is 6.06. The molecule has 2 aromatic carbocycles. The summed E-state index contributed by atoms with van der Waals surface area (Å²) < 4.78 is 5.22. The van der Waals surface area contributed by atoms with Gasteiger partial charge in [0.2, 0.25) is 5.91 Å². The molecule has 0 N–H and O–H groups in total. The first-order chi connectivity index (χ1) is 14.5. The molecule has 0 radical (unpaired) electrons. The topological polar surface area (TPSA) is 57.5 Å². The first-order valence-electron chi connectivity index (χ1n) is 10.0. The molecule has 0 saturated carbocycles. The van der Waals surface area contributed by atoms with E-state index in [0.717, 1.165) is 35.4 Å². The summed E-state index contributed by atoms with van der Waals surface area (Å²) in [5, 5.41) is 9.20. The zero-order chi connectivity index (χ0) is 21.5. The SMILES string of the molecule is CCCC1S/C(=N/N=C/c2ccc(N(C)C)cc2)N(Cc2ccc(OC)cc2)C1=O. The highest BCUT2D eigenvalue weighted by Gasteiger charge is 2.37.